The van der Waals surface area contributed by atoms with Gasteiger partial charge in [-0.15, -0.1) is 0 Å². The van der Waals surface area contributed by atoms with Gasteiger partial charge in [-0.1, -0.05) is 12.1 Å². The number of sulfonamides is 1. The third-order valence-corrected chi connectivity index (χ3v) is 4.54. The molecule has 110 valence electrons. The predicted molar refractivity (Wildman–Crippen MR) is 69.6 cm³/mol. The van der Waals surface area contributed by atoms with Gasteiger partial charge in [-0.05, 0) is 12.5 Å². The van der Waals surface area contributed by atoms with E-state index >= 15 is 0 Å². The highest BCUT2D eigenvalue weighted by molar-refractivity contribution is 7.89. The summed E-state index contributed by atoms with van der Waals surface area (Å²) in [5, 5.41) is 13.6. The number of piperidine rings is 1. The van der Waals surface area contributed by atoms with Crippen LogP contribution in [0.1, 0.15) is 6.42 Å². The van der Waals surface area contributed by atoms with E-state index in [0.29, 0.717) is 6.54 Å². The summed E-state index contributed by atoms with van der Waals surface area (Å²) in [4.78, 5) is 9.68. The molecule has 0 amide bonds. The van der Waals surface area contributed by atoms with Crippen LogP contribution in [0, 0.1) is 10.1 Å². The second kappa shape index (κ2) is 5.81. The van der Waals surface area contributed by atoms with E-state index in [1.807, 2.05) is 0 Å². The molecule has 9 heteroatoms. The first kappa shape index (κ1) is 14.8. The van der Waals surface area contributed by atoms with Gasteiger partial charge in [0.15, 0.2) is 4.90 Å². The number of benzene rings is 1. The van der Waals surface area contributed by atoms with E-state index in [0.717, 1.165) is 12.1 Å². The molecule has 1 heterocycles. The topological polar surface area (TPSA) is 101 Å². The number of nitro benzene ring substituents is 1. The quantitative estimate of drug-likeness (QED) is 0.625. The lowest BCUT2D eigenvalue weighted by molar-refractivity contribution is -0.387. The van der Waals surface area contributed by atoms with E-state index in [2.05, 4.69) is 10.0 Å². The lowest BCUT2D eigenvalue weighted by atomic mass is 10.1. The van der Waals surface area contributed by atoms with Gasteiger partial charge in [0.05, 0.1) is 4.92 Å². The Labute approximate surface area is 115 Å². The monoisotopic (exact) mass is 303 g/mol. The van der Waals surface area contributed by atoms with Crippen LogP contribution in [0.4, 0.5) is 10.1 Å². The van der Waals surface area contributed by atoms with Gasteiger partial charge in [0.25, 0.3) is 5.69 Å². The van der Waals surface area contributed by atoms with Crippen molar-refractivity contribution in [3.8, 4) is 0 Å². The molecule has 0 bridgehead atoms. The van der Waals surface area contributed by atoms with Crippen molar-refractivity contribution < 1.29 is 17.7 Å². The second-order valence-electron chi connectivity index (χ2n) is 4.53. The third kappa shape index (κ3) is 3.30. The third-order valence-electron chi connectivity index (χ3n) is 2.97. The number of nitro groups is 1. The lowest BCUT2D eigenvalue weighted by Gasteiger charge is -2.26. The molecule has 0 saturated carbocycles. The number of rotatable bonds is 4. The normalized spacial score (nSPS) is 23.4. The highest BCUT2D eigenvalue weighted by atomic mass is 32.2. The molecule has 1 fully saturated rings. The minimum absolute atomic E-state index is 0.0485. The number of nitrogens with zero attached hydrogens (tertiary/aromatic N) is 1. The molecule has 0 aromatic heterocycles. The summed E-state index contributed by atoms with van der Waals surface area (Å²) in [7, 11) is -4.06. The number of nitrogens with one attached hydrogen (secondary N) is 2. The maximum atomic E-state index is 13.2. The van der Waals surface area contributed by atoms with Crippen molar-refractivity contribution in [3.63, 3.8) is 0 Å². The van der Waals surface area contributed by atoms with Gasteiger partial charge in [0.2, 0.25) is 10.0 Å². The molecule has 1 aromatic carbocycles. The highest BCUT2D eigenvalue weighted by Gasteiger charge is 2.30. The zero-order valence-corrected chi connectivity index (χ0v) is 11.3. The molecule has 1 saturated heterocycles. The molecule has 1 aliphatic heterocycles. The van der Waals surface area contributed by atoms with Gasteiger partial charge in [-0.3, -0.25) is 10.1 Å². The van der Waals surface area contributed by atoms with Crippen molar-refractivity contribution in [1.82, 2.24) is 10.0 Å². The number of hydrogen-bond acceptors (Lipinski definition) is 5. The second-order valence-corrected chi connectivity index (χ2v) is 6.22. The fourth-order valence-electron chi connectivity index (χ4n) is 2.10. The first-order valence-corrected chi connectivity index (χ1v) is 7.49. The SMILES string of the molecule is O=[N+]([O-])c1ccccc1S(=O)(=O)N[C@@H]1CNC[C@@H](F)C1. The van der Waals surface area contributed by atoms with Crippen LogP contribution in [0.25, 0.3) is 0 Å². The summed E-state index contributed by atoms with van der Waals surface area (Å²) in [5.41, 5.74) is -0.499. The fourth-order valence-corrected chi connectivity index (χ4v) is 3.52. The van der Waals surface area contributed by atoms with E-state index in [1.165, 1.54) is 12.1 Å². The Morgan fingerprint density at radius 1 is 1.35 bits per heavy atom. The zero-order valence-electron chi connectivity index (χ0n) is 10.5. The molecule has 7 nitrogen and oxygen atoms in total. The molecule has 20 heavy (non-hydrogen) atoms. The number of alkyl halides is 1. The van der Waals surface area contributed by atoms with Gasteiger partial charge < -0.3 is 5.32 Å². The van der Waals surface area contributed by atoms with Crippen molar-refractivity contribution in [2.24, 2.45) is 0 Å². The van der Waals surface area contributed by atoms with Crippen molar-refractivity contribution in [2.45, 2.75) is 23.5 Å². The van der Waals surface area contributed by atoms with Crippen molar-refractivity contribution in [3.05, 3.63) is 34.4 Å². The zero-order chi connectivity index (χ0) is 14.8. The van der Waals surface area contributed by atoms with Crippen molar-refractivity contribution in [2.75, 3.05) is 13.1 Å². The largest absolute Gasteiger partial charge is 0.312 e. The van der Waals surface area contributed by atoms with Gasteiger partial charge in [-0.2, -0.15) is 0 Å². The molecule has 1 aromatic rings. The standard InChI is InChI=1S/C11H14FN3O4S/c12-8-5-9(7-13-6-8)14-20(18,19)11-4-2-1-3-10(11)15(16)17/h1-4,8-9,13-14H,5-7H2/t8-,9-/m0/s1. The van der Waals surface area contributed by atoms with Crippen LogP contribution in [-0.4, -0.2) is 38.6 Å². The molecule has 0 unspecified atom stereocenters. The van der Waals surface area contributed by atoms with Crippen LogP contribution in [-0.2, 0) is 10.0 Å². The molecule has 0 radical (unpaired) electrons. The summed E-state index contributed by atoms with van der Waals surface area (Å²) in [6, 6.07) is 4.44. The Morgan fingerprint density at radius 3 is 2.70 bits per heavy atom. The van der Waals surface area contributed by atoms with Gasteiger partial charge in [0, 0.05) is 25.2 Å². The smallest absolute Gasteiger partial charge is 0.289 e. The molecular formula is C11H14FN3O4S. The Hall–Kier alpha value is -1.58. The van der Waals surface area contributed by atoms with E-state index in [9.17, 15) is 22.9 Å². The number of hydrogen-bond donors (Lipinski definition) is 2. The van der Waals surface area contributed by atoms with Crippen LogP contribution in [0.3, 0.4) is 0 Å². The Bertz CT molecular complexity index is 607. The van der Waals surface area contributed by atoms with Crippen LogP contribution in [0.15, 0.2) is 29.2 Å². The molecular weight excluding hydrogens is 289 g/mol. The molecule has 2 rings (SSSR count). The molecule has 2 N–H and O–H groups in total. The number of para-hydroxylation sites is 1. The minimum Gasteiger partial charge on any atom is -0.312 e. The summed E-state index contributed by atoms with van der Waals surface area (Å²) in [6.45, 7) is 0.476. The van der Waals surface area contributed by atoms with Crippen LogP contribution >= 0.6 is 0 Å². The molecule has 0 spiro atoms. The van der Waals surface area contributed by atoms with Crippen LogP contribution < -0.4 is 10.0 Å². The van der Waals surface area contributed by atoms with E-state index in [1.54, 1.807) is 0 Å². The Balaban J connectivity index is 2.24. The summed E-state index contributed by atoms with van der Waals surface area (Å²) < 4.78 is 39.8. The van der Waals surface area contributed by atoms with Gasteiger partial charge >= 0.3 is 0 Å². The summed E-state index contributed by atoms with van der Waals surface area (Å²) >= 11 is 0. The molecule has 2 atom stereocenters. The first-order valence-electron chi connectivity index (χ1n) is 6.00. The lowest BCUT2D eigenvalue weighted by Crippen LogP contribution is -2.49. The minimum atomic E-state index is -4.06. The van der Waals surface area contributed by atoms with Gasteiger partial charge in [0.1, 0.15) is 6.17 Å². The summed E-state index contributed by atoms with van der Waals surface area (Å²) in [5.74, 6) is 0. The Kier molecular flexibility index (Phi) is 4.31. The van der Waals surface area contributed by atoms with Crippen molar-refractivity contribution in [1.29, 1.82) is 0 Å². The predicted octanol–water partition coefficient (Wildman–Crippen LogP) is 0.573. The maximum Gasteiger partial charge on any atom is 0.289 e. The average Bonchev–Trinajstić information content (AvgIpc) is 2.38. The van der Waals surface area contributed by atoms with E-state index < -0.39 is 37.7 Å². The Morgan fingerprint density at radius 2 is 2.05 bits per heavy atom. The summed E-state index contributed by atoms with van der Waals surface area (Å²) in [6.07, 6.45) is -1.09. The number of halogens is 1. The maximum absolute atomic E-state index is 13.2. The van der Waals surface area contributed by atoms with E-state index in [4.69, 9.17) is 0 Å². The van der Waals surface area contributed by atoms with Crippen LogP contribution in [0.5, 0.6) is 0 Å². The van der Waals surface area contributed by atoms with Crippen LogP contribution in [0.2, 0.25) is 0 Å². The first-order chi connectivity index (χ1) is 9.40. The highest BCUT2D eigenvalue weighted by Crippen LogP contribution is 2.23. The molecule has 0 aliphatic carbocycles. The van der Waals surface area contributed by atoms with E-state index in [-0.39, 0.29) is 13.0 Å². The average molecular weight is 303 g/mol. The van der Waals surface area contributed by atoms with Gasteiger partial charge in [-0.25, -0.2) is 17.5 Å². The van der Waals surface area contributed by atoms with Crippen molar-refractivity contribution >= 4 is 15.7 Å². The molecule has 1 aliphatic rings. The fraction of sp³-hybridized carbons (Fsp3) is 0.455.